The lowest BCUT2D eigenvalue weighted by atomic mass is 10.2. The Morgan fingerprint density at radius 1 is 1.17 bits per heavy atom. The first-order chi connectivity index (χ1) is 11.2. The van der Waals surface area contributed by atoms with Crippen LogP contribution < -0.4 is 19.1 Å². The number of methoxy groups -OCH3 is 1. The molecule has 0 atom stereocenters. The summed E-state index contributed by atoms with van der Waals surface area (Å²) in [7, 11) is 1.61. The van der Waals surface area contributed by atoms with Crippen molar-refractivity contribution >= 4 is 23.2 Å². The van der Waals surface area contributed by atoms with E-state index in [1.54, 1.807) is 30.2 Å². The van der Waals surface area contributed by atoms with Crippen molar-refractivity contribution in [1.82, 2.24) is 0 Å². The van der Waals surface area contributed by atoms with E-state index in [4.69, 9.17) is 25.8 Å². The van der Waals surface area contributed by atoms with Gasteiger partial charge < -0.3 is 19.1 Å². The van der Waals surface area contributed by atoms with Gasteiger partial charge in [-0.3, -0.25) is 4.79 Å². The van der Waals surface area contributed by atoms with E-state index in [2.05, 4.69) is 0 Å². The minimum atomic E-state index is -0.113. The molecule has 0 N–H and O–H groups in total. The molecule has 3 rings (SSSR count). The maximum absolute atomic E-state index is 12.1. The molecule has 1 heterocycles. The smallest absolute Gasteiger partial charge is 0.265 e. The lowest BCUT2D eigenvalue weighted by Crippen LogP contribution is -2.41. The molecule has 0 aromatic heterocycles. The fourth-order valence-electron chi connectivity index (χ4n) is 2.35. The summed E-state index contributed by atoms with van der Waals surface area (Å²) in [5.41, 5.74) is 0.673. The summed E-state index contributed by atoms with van der Waals surface area (Å²) in [5.74, 6) is 2.03. The van der Waals surface area contributed by atoms with Crippen LogP contribution in [-0.2, 0) is 4.79 Å². The highest BCUT2D eigenvalue weighted by Crippen LogP contribution is 2.34. The Labute approximate surface area is 139 Å². The van der Waals surface area contributed by atoms with Gasteiger partial charge in [0.25, 0.3) is 5.91 Å². The zero-order chi connectivity index (χ0) is 16.2. The van der Waals surface area contributed by atoms with Crippen molar-refractivity contribution in [2.75, 3.05) is 31.8 Å². The van der Waals surface area contributed by atoms with Crippen LogP contribution in [-0.4, -0.2) is 32.8 Å². The van der Waals surface area contributed by atoms with Gasteiger partial charge in [0.05, 0.1) is 19.3 Å². The number of benzene rings is 2. The minimum Gasteiger partial charge on any atom is -0.497 e. The molecule has 0 spiro atoms. The highest BCUT2D eigenvalue weighted by Gasteiger charge is 2.25. The van der Waals surface area contributed by atoms with Crippen LogP contribution in [0.3, 0.4) is 0 Å². The van der Waals surface area contributed by atoms with Crippen molar-refractivity contribution < 1.29 is 19.0 Å². The third-order valence-corrected chi connectivity index (χ3v) is 3.74. The monoisotopic (exact) mass is 333 g/mol. The number of anilines is 1. The molecule has 0 bridgehead atoms. The molecular weight excluding hydrogens is 318 g/mol. The highest BCUT2D eigenvalue weighted by molar-refractivity contribution is 6.31. The summed E-state index contributed by atoms with van der Waals surface area (Å²) in [6.07, 6.45) is 0. The predicted octanol–water partition coefficient (Wildman–Crippen LogP) is 3.15. The quantitative estimate of drug-likeness (QED) is 0.843. The molecule has 1 aliphatic heterocycles. The molecule has 0 saturated carbocycles. The molecular formula is C17H16ClNO4. The van der Waals surface area contributed by atoms with Gasteiger partial charge in [0, 0.05) is 5.02 Å². The van der Waals surface area contributed by atoms with Gasteiger partial charge in [0.1, 0.15) is 23.9 Å². The summed E-state index contributed by atoms with van der Waals surface area (Å²) < 4.78 is 16.2. The topological polar surface area (TPSA) is 48.0 Å². The summed E-state index contributed by atoms with van der Waals surface area (Å²) in [4.78, 5) is 13.7. The second-order valence-electron chi connectivity index (χ2n) is 4.97. The zero-order valence-electron chi connectivity index (χ0n) is 12.6. The normalized spacial score (nSPS) is 13.3. The van der Waals surface area contributed by atoms with Gasteiger partial charge in [-0.1, -0.05) is 11.6 Å². The van der Waals surface area contributed by atoms with Gasteiger partial charge in [0.2, 0.25) is 0 Å². The van der Waals surface area contributed by atoms with Gasteiger partial charge >= 0.3 is 0 Å². The maximum Gasteiger partial charge on any atom is 0.265 e. The molecule has 120 valence electrons. The Morgan fingerprint density at radius 2 is 1.91 bits per heavy atom. The Morgan fingerprint density at radius 3 is 2.65 bits per heavy atom. The SMILES string of the molecule is COc1ccc(OCCN2C(=O)COc3ccc(Cl)cc32)cc1. The average molecular weight is 334 g/mol. The van der Waals surface area contributed by atoms with Crippen LogP contribution in [0.1, 0.15) is 0 Å². The standard InChI is InChI=1S/C17H16ClNO4/c1-21-13-3-5-14(6-4-13)22-9-8-19-15-10-12(18)2-7-16(15)23-11-17(19)20/h2-7,10H,8-9,11H2,1H3. The lowest BCUT2D eigenvalue weighted by Gasteiger charge is -2.29. The van der Waals surface area contributed by atoms with Crippen molar-refractivity contribution in [3.63, 3.8) is 0 Å². The number of carbonyl (C=O) groups is 1. The summed E-state index contributed by atoms with van der Waals surface area (Å²) >= 11 is 6.01. The largest absolute Gasteiger partial charge is 0.497 e. The van der Waals surface area contributed by atoms with Gasteiger partial charge in [0.15, 0.2) is 6.61 Å². The van der Waals surface area contributed by atoms with Crippen molar-refractivity contribution in [2.45, 2.75) is 0 Å². The average Bonchev–Trinajstić information content (AvgIpc) is 2.57. The number of hydrogen-bond donors (Lipinski definition) is 0. The molecule has 2 aromatic rings. The van der Waals surface area contributed by atoms with Gasteiger partial charge in [-0.25, -0.2) is 0 Å². The van der Waals surface area contributed by atoms with Crippen LogP contribution in [0.25, 0.3) is 0 Å². The highest BCUT2D eigenvalue weighted by atomic mass is 35.5. The van der Waals surface area contributed by atoms with E-state index in [1.807, 2.05) is 24.3 Å². The third-order valence-electron chi connectivity index (χ3n) is 3.51. The van der Waals surface area contributed by atoms with Crippen molar-refractivity contribution in [3.05, 3.63) is 47.5 Å². The van der Waals surface area contributed by atoms with Crippen molar-refractivity contribution in [3.8, 4) is 17.2 Å². The first-order valence-electron chi connectivity index (χ1n) is 7.17. The molecule has 23 heavy (non-hydrogen) atoms. The maximum atomic E-state index is 12.1. The summed E-state index contributed by atoms with van der Waals surface area (Å²) in [6.45, 7) is 0.808. The number of rotatable bonds is 5. The van der Waals surface area contributed by atoms with Crippen molar-refractivity contribution in [2.24, 2.45) is 0 Å². The fraction of sp³-hybridized carbons (Fsp3) is 0.235. The van der Waals surface area contributed by atoms with Crippen LogP contribution in [0.4, 0.5) is 5.69 Å². The van der Waals surface area contributed by atoms with Crippen molar-refractivity contribution in [1.29, 1.82) is 0 Å². The number of amides is 1. The number of carbonyl (C=O) groups excluding carboxylic acids is 1. The van der Waals surface area contributed by atoms with E-state index < -0.39 is 0 Å². The van der Waals surface area contributed by atoms with Crippen LogP contribution in [0.2, 0.25) is 5.02 Å². The Balaban J connectivity index is 1.65. The minimum absolute atomic E-state index is 0.0250. The third kappa shape index (κ3) is 3.51. The fourth-order valence-corrected chi connectivity index (χ4v) is 2.51. The molecule has 1 amide bonds. The van der Waals surface area contributed by atoms with E-state index in [1.165, 1.54) is 0 Å². The van der Waals surface area contributed by atoms with Gasteiger partial charge in [-0.2, -0.15) is 0 Å². The second-order valence-corrected chi connectivity index (χ2v) is 5.41. The van der Waals surface area contributed by atoms with Gasteiger partial charge in [-0.15, -0.1) is 0 Å². The Bertz CT molecular complexity index is 702. The Kier molecular flexibility index (Phi) is 4.57. The van der Waals surface area contributed by atoms with Crippen LogP contribution in [0.5, 0.6) is 17.2 Å². The van der Waals surface area contributed by atoms with Crippen LogP contribution >= 0.6 is 11.6 Å². The second kappa shape index (κ2) is 6.79. The molecule has 0 saturated heterocycles. The zero-order valence-corrected chi connectivity index (χ0v) is 13.4. The molecule has 2 aromatic carbocycles. The van der Waals surface area contributed by atoms with E-state index in [0.717, 1.165) is 11.5 Å². The number of nitrogens with zero attached hydrogens (tertiary/aromatic N) is 1. The lowest BCUT2D eigenvalue weighted by molar-refractivity contribution is -0.121. The number of ether oxygens (including phenoxy) is 3. The Hall–Kier alpha value is -2.40. The molecule has 0 aliphatic carbocycles. The molecule has 0 fully saturated rings. The van der Waals surface area contributed by atoms with E-state index in [9.17, 15) is 4.79 Å². The van der Waals surface area contributed by atoms with E-state index in [-0.39, 0.29) is 12.5 Å². The first-order valence-corrected chi connectivity index (χ1v) is 7.55. The van der Waals surface area contributed by atoms with E-state index >= 15 is 0 Å². The molecule has 0 unspecified atom stereocenters. The van der Waals surface area contributed by atoms with Crippen LogP contribution in [0.15, 0.2) is 42.5 Å². The first kappa shape index (κ1) is 15.5. The predicted molar refractivity (Wildman–Crippen MR) is 87.8 cm³/mol. The molecule has 5 nitrogen and oxygen atoms in total. The summed E-state index contributed by atoms with van der Waals surface area (Å²) in [6, 6.07) is 12.5. The number of fused-ring (bicyclic) bond motifs is 1. The molecule has 1 aliphatic rings. The number of halogens is 1. The molecule has 6 heteroatoms. The van der Waals surface area contributed by atoms with E-state index in [0.29, 0.717) is 29.6 Å². The summed E-state index contributed by atoms with van der Waals surface area (Å²) in [5, 5.41) is 0.558. The number of hydrogen-bond acceptors (Lipinski definition) is 4. The van der Waals surface area contributed by atoms with Crippen LogP contribution in [0, 0.1) is 0 Å². The molecule has 0 radical (unpaired) electrons. The van der Waals surface area contributed by atoms with Gasteiger partial charge in [-0.05, 0) is 42.5 Å².